The average Bonchev–Trinajstić information content (AvgIpc) is 2.51. The molecule has 0 spiro atoms. The maximum atomic E-state index is 12.1. The smallest absolute Gasteiger partial charge is 0.265 e. The van der Waals surface area contributed by atoms with Crippen LogP contribution in [0.2, 0.25) is 0 Å². The average molecular weight is 294 g/mol. The highest BCUT2D eigenvalue weighted by Gasteiger charge is 2.15. The topological polar surface area (TPSA) is 62.1 Å². The molecule has 2 rings (SSSR count). The van der Waals surface area contributed by atoms with Crippen LogP contribution in [0.1, 0.15) is 23.6 Å². The van der Waals surface area contributed by atoms with Crippen LogP contribution in [0.25, 0.3) is 0 Å². The number of benzene rings is 2. The highest BCUT2D eigenvalue weighted by atomic mass is 16.5. The largest absolute Gasteiger partial charge is 0.481 e. The Labute approximate surface area is 130 Å². The molecule has 2 aromatic carbocycles. The molecule has 0 aliphatic rings. The van der Waals surface area contributed by atoms with E-state index in [9.17, 15) is 4.79 Å². The van der Waals surface area contributed by atoms with Gasteiger partial charge in [0.25, 0.3) is 5.91 Å². The molecule has 0 saturated carbocycles. The number of hydrogen-bond donors (Lipinski definition) is 1. The molecule has 0 heterocycles. The molecule has 4 heteroatoms. The van der Waals surface area contributed by atoms with E-state index >= 15 is 0 Å². The number of nitriles is 1. The highest BCUT2D eigenvalue weighted by Crippen LogP contribution is 2.16. The van der Waals surface area contributed by atoms with Gasteiger partial charge in [-0.2, -0.15) is 5.26 Å². The number of carbonyl (C=O) groups is 1. The molecule has 2 aromatic rings. The fraction of sp³-hybridized carbons (Fsp3) is 0.222. The van der Waals surface area contributed by atoms with E-state index in [1.807, 2.05) is 38.1 Å². The predicted octanol–water partition coefficient (Wildman–Crippen LogP) is 3.58. The van der Waals surface area contributed by atoms with Crippen molar-refractivity contribution in [2.45, 2.75) is 26.9 Å². The van der Waals surface area contributed by atoms with Crippen molar-refractivity contribution < 1.29 is 9.53 Å². The fourth-order valence-corrected chi connectivity index (χ4v) is 1.93. The van der Waals surface area contributed by atoms with E-state index in [1.54, 1.807) is 31.2 Å². The highest BCUT2D eigenvalue weighted by molar-refractivity contribution is 5.94. The molecule has 4 nitrogen and oxygen atoms in total. The van der Waals surface area contributed by atoms with Crippen LogP contribution >= 0.6 is 0 Å². The summed E-state index contributed by atoms with van der Waals surface area (Å²) >= 11 is 0. The number of carbonyl (C=O) groups excluding carboxylic acids is 1. The molecule has 0 aliphatic heterocycles. The summed E-state index contributed by atoms with van der Waals surface area (Å²) in [6.45, 7) is 5.72. The van der Waals surface area contributed by atoms with Crippen molar-refractivity contribution in [2.24, 2.45) is 0 Å². The lowest BCUT2D eigenvalue weighted by Gasteiger charge is -2.15. The van der Waals surface area contributed by atoms with Gasteiger partial charge in [-0.05, 0) is 68.3 Å². The number of hydrogen-bond acceptors (Lipinski definition) is 3. The number of anilines is 1. The Kier molecular flexibility index (Phi) is 4.80. The van der Waals surface area contributed by atoms with Gasteiger partial charge in [-0.25, -0.2) is 0 Å². The minimum atomic E-state index is -0.630. The zero-order valence-electron chi connectivity index (χ0n) is 12.9. The van der Waals surface area contributed by atoms with Crippen molar-refractivity contribution >= 4 is 11.6 Å². The fourth-order valence-electron chi connectivity index (χ4n) is 1.93. The summed E-state index contributed by atoms with van der Waals surface area (Å²) in [5.41, 5.74) is 3.61. The molecular weight excluding hydrogens is 276 g/mol. The van der Waals surface area contributed by atoms with Crippen LogP contribution in [-0.4, -0.2) is 12.0 Å². The molecule has 0 saturated heterocycles. The molecule has 0 fully saturated rings. The van der Waals surface area contributed by atoms with Gasteiger partial charge < -0.3 is 10.1 Å². The van der Waals surface area contributed by atoms with Crippen molar-refractivity contribution in [3.05, 3.63) is 59.2 Å². The normalized spacial score (nSPS) is 11.4. The van der Waals surface area contributed by atoms with Crippen LogP contribution in [0.3, 0.4) is 0 Å². The summed E-state index contributed by atoms with van der Waals surface area (Å²) in [6.07, 6.45) is -0.630. The summed E-state index contributed by atoms with van der Waals surface area (Å²) in [5.74, 6) is 0.342. The number of rotatable bonds is 4. The van der Waals surface area contributed by atoms with Crippen LogP contribution < -0.4 is 10.1 Å². The second-order valence-electron chi connectivity index (χ2n) is 5.18. The standard InChI is InChI=1S/C18H18N2O2/c1-12-4-7-16(10-13(12)2)20-18(21)14(3)22-17-8-5-15(11-19)6-9-17/h4-10,14H,1-3H3,(H,20,21). The molecule has 1 N–H and O–H groups in total. The second-order valence-corrected chi connectivity index (χ2v) is 5.18. The number of ether oxygens (including phenoxy) is 1. The van der Waals surface area contributed by atoms with Gasteiger partial charge >= 0.3 is 0 Å². The van der Waals surface area contributed by atoms with Crippen molar-refractivity contribution in [3.63, 3.8) is 0 Å². The van der Waals surface area contributed by atoms with E-state index in [1.165, 1.54) is 5.56 Å². The van der Waals surface area contributed by atoms with Crippen molar-refractivity contribution in [3.8, 4) is 11.8 Å². The summed E-state index contributed by atoms with van der Waals surface area (Å²) in [6, 6.07) is 14.5. The molecule has 0 bridgehead atoms. The molecule has 0 aliphatic carbocycles. The maximum absolute atomic E-state index is 12.1. The molecule has 0 radical (unpaired) electrons. The predicted molar refractivity (Wildman–Crippen MR) is 85.8 cm³/mol. The lowest BCUT2D eigenvalue weighted by molar-refractivity contribution is -0.122. The first-order chi connectivity index (χ1) is 10.5. The Hall–Kier alpha value is -2.80. The first-order valence-corrected chi connectivity index (χ1v) is 7.04. The third-order valence-corrected chi connectivity index (χ3v) is 3.44. The number of aryl methyl sites for hydroxylation is 2. The molecule has 1 amide bonds. The SMILES string of the molecule is Cc1ccc(NC(=O)C(C)Oc2ccc(C#N)cc2)cc1C. The van der Waals surface area contributed by atoms with E-state index in [4.69, 9.17) is 10.00 Å². The van der Waals surface area contributed by atoms with E-state index < -0.39 is 6.10 Å². The summed E-state index contributed by atoms with van der Waals surface area (Å²) < 4.78 is 5.58. The van der Waals surface area contributed by atoms with Crippen LogP contribution in [0, 0.1) is 25.2 Å². The zero-order chi connectivity index (χ0) is 16.1. The maximum Gasteiger partial charge on any atom is 0.265 e. The van der Waals surface area contributed by atoms with Crippen molar-refractivity contribution in [1.82, 2.24) is 0 Å². The van der Waals surface area contributed by atoms with Crippen molar-refractivity contribution in [2.75, 3.05) is 5.32 Å². The molecule has 1 unspecified atom stereocenters. The van der Waals surface area contributed by atoms with E-state index in [-0.39, 0.29) is 5.91 Å². The first kappa shape index (κ1) is 15.6. The number of amides is 1. The quantitative estimate of drug-likeness (QED) is 0.937. The van der Waals surface area contributed by atoms with E-state index in [2.05, 4.69) is 5.32 Å². The summed E-state index contributed by atoms with van der Waals surface area (Å²) in [4.78, 5) is 12.1. The minimum Gasteiger partial charge on any atom is -0.481 e. The van der Waals surface area contributed by atoms with Gasteiger partial charge in [-0.15, -0.1) is 0 Å². The van der Waals surface area contributed by atoms with Crippen LogP contribution in [0.4, 0.5) is 5.69 Å². The molecule has 1 atom stereocenters. The van der Waals surface area contributed by atoms with Gasteiger partial charge in [0.15, 0.2) is 6.10 Å². The monoisotopic (exact) mass is 294 g/mol. The van der Waals surface area contributed by atoms with Gasteiger partial charge in [-0.3, -0.25) is 4.79 Å². The molecule has 112 valence electrons. The second kappa shape index (κ2) is 6.77. The Balaban J connectivity index is 1.99. The molecular formula is C18H18N2O2. The Morgan fingerprint density at radius 3 is 2.41 bits per heavy atom. The van der Waals surface area contributed by atoms with E-state index in [0.29, 0.717) is 11.3 Å². The van der Waals surface area contributed by atoms with Crippen LogP contribution in [0.15, 0.2) is 42.5 Å². The van der Waals surface area contributed by atoms with Crippen LogP contribution in [-0.2, 0) is 4.79 Å². The third kappa shape index (κ3) is 3.86. The summed E-state index contributed by atoms with van der Waals surface area (Å²) in [7, 11) is 0. The van der Waals surface area contributed by atoms with Crippen molar-refractivity contribution in [1.29, 1.82) is 5.26 Å². The van der Waals surface area contributed by atoms with Gasteiger partial charge in [0.05, 0.1) is 11.6 Å². The Bertz CT molecular complexity index is 715. The number of nitrogens with zero attached hydrogens (tertiary/aromatic N) is 1. The lowest BCUT2D eigenvalue weighted by atomic mass is 10.1. The summed E-state index contributed by atoms with van der Waals surface area (Å²) in [5, 5.41) is 11.6. The van der Waals surface area contributed by atoms with E-state index in [0.717, 1.165) is 11.3 Å². The van der Waals surface area contributed by atoms with Gasteiger partial charge in [-0.1, -0.05) is 6.07 Å². The van der Waals surface area contributed by atoms with Gasteiger partial charge in [0.1, 0.15) is 5.75 Å². The van der Waals surface area contributed by atoms with Gasteiger partial charge in [0.2, 0.25) is 0 Å². The Morgan fingerprint density at radius 1 is 1.14 bits per heavy atom. The molecule has 22 heavy (non-hydrogen) atoms. The molecule has 0 aromatic heterocycles. The minimum absolute atomic E-state index is 0.215. The zero-order valence-corrected chi connectivity index (χ0v) is 12.9. The van der Waals surface area contributed by atoms with Crippen LogP contribution in [0.5, 0.6) is 5.75 Å². The number of nitrogens with one attached hydrogen (secondary N) is 1. The third-order valence-electron chi connectivity index (χ3n) is 3.44. The first-order valence-electron chi connectivity index (χ1n) is 7.04. The van der Waals surface area contributed by atoms with Gasteiger partial charge in [0, 0.05) is 5.69 Å². The Morgan fingerprint density at radius 2 is 1.82 bits per heavy atom. The lowest BCUT2D eigenvalue weighted by Crippen LogP contribution is -2.30.